The largest absolute Gasteiger partial charge is 0.439 e. The molecule has 1 saturated heterocycles. The van der Waals surface area contributed by atoms with E-state index in [9.17, 15) is 14.0 Å². The summed E-state index contributed by atoms with van der Waals surface area (Å²) in [7, 11) is 0. The summed E-state index contributed by atoms with van der Waals surface area (Å²) in [6.45, 7) is 6.30. The Kier molecular flexibility index (Phi) is 7.21. The zero-order chi connectivity index (χ0) is 21.5. The second-order valence-electron chi connectivity index (χ2n) is 7.17. The highest BCUT2D eigenvalue weighted by Crippen LogP contribution is 2.22. The number of urea groups is 1. The van der Waals surface area contributed by atoms with E-state index in [1.54, 1.807) is 21.9 Å². The van der Waals surface area contributed by atoms with Gasteiger partial charge in [0.1, 0.15) is 11.6 Å². The molecule has 7 nitrogen and oxygen atoms in total. The van der Waals surface area contributed by atoms with Gasteiger partial charge in [0, 0.05) is 32.2 Å². The number of anilines is 1. The van der Waals surface area contributed by atoms with E-state index in [1.165, 1.54) is 30.5 Å². The molecule has 0 saturated carbocycles. The van der Waals surface area contributed by atoms with Crippen molar-refractivity contribution in [3.05, 3.63) is 48.4 Å². The minimum atomic E-state index is -0.339. The summed E-state index contributed by atoms with van der Waals surface area (Å²) in [6.07, 6.45) is 3.05. The predicted octanol–water partition coefficient (Wildman–Crippen LogP) is 4.13. The maximum absolute atomic E-state index is 13.0. The van der Waals surface area contributed by atoms with Crippen molar-refractivity contribution in [1.29, 1.82) is 0 Å². The van der Waals surface area contributed by atoms with Gasteiger partial charge in [0.15, 0.2) is 0 Å². The van der Waals surface area contributed by atoms with Gasteiger partial charge in [-0.1, -0.05) is 0 Å². The molecule has 1 N–H and O–H groups in total. The Hall–Kier alpha value is -3.16. The fraction of sp³-hybridized carbons (Fsp3) is 0.409. The van der Waals surface area contributed by atoms with Crippen molar-refractivity contribution < 1.29 is 18.7 Å². The Labute approximate surface area is 175 Å². The fourth-order valence-electron chi connectivity index (χ4n) is 3.44. The van der Waals surface area contributed by atoms with E-state index in [0.717, 1.165) is 12.8 Å². The van der Waals surface area contributed by atoms with Crippen LogP contribution in [0.5, 0.6) is 11.6 Å². The number of benzene rings is 1. The van der Waals surface area contributed by atoms with E-state index in [0.29, 0.717) is 43.5 Å². The van der Waals surface area contributed by atoms with Crippen LogP contribution in [0.1, 0.15) is 26.7 Å². The highest BCUT2D eigenvalue weighted by molar-refractivity contribution is 5.93. The van der Waals surface area contributed by atoms with Crippen LogP contribution < -0.4 is 10.1 Å². The minimum absolute atomic E-state index is 0.0125. The summed E-state index contributed by atoms with van der Waals surface area (Å²) in [5.74, 6) is 0.0945. The molecule has 1 aromatic heterocycles. The first-order valence-corrected chi connectivity index (χ1v) is 10.2. The molecule has 1 aliphatic rings. The van der Waals surface area contributed by atoms with Gasteiger partial charge in [0.05, 0.1) is 17.8 Å². The number of carbonyl (C=O) groups excluding carboxylic acids is 2. The number of halogens is 1. The van der Waals surface area contributed by atoms with Crippen molar-refractivity contribution >= 4 is 17.6 Å². The van der Waals surface area contributed by atoms with E-state index in [2.05, 4.69) is 10.3 Å². The summed E-state index contributed by atoms with van der Waals surface area (Å²) < 4.78 is 18.5. The number of likely N-dealkylation sites (tertiary alicyclic amines) is 1. The lowest BCUT2D eigenvalue weighted by molar-refractivity contribution is -0.121. The number of piperidine rings is 1. The van der Waals surface area contributed by atoms with Crippen LogP contribution in [-0.2, 0) is 4.79 Å². The predicted molar refractivity (Wildman–Crippen MR) is 112 cm³/mol. The third-order valence-electron chi connectivity index (χ3n) is 5.14. The SMILES string of the molecule is CCN(CC)C(=O)N1CCC[C@H](C(=O)Nc2ccc(Oc3ccc(F)cc3)nc2)C1. The van der Waals surface area contributed by atoms with Crippen molar-refractivity contribution in [3.63, 3.8) is 0 Å². The first kappa shape index (κ1) is 21.5. The standard InChI is InChI=1S/C22H27FN4O3/c1-3-26(4-2)22(29)27-13-5-6-16(15-27)21(28)25-18-9-12-20(24-14-18)30-19-10-7-17(23)8-11-19/h7-12,14,16H,3-6,13,15H2,1-2H3,(H,25,28)/t16-/m0/s1. The number of hydrogen-bond donors (Lipinski definition) is 1. The van der Waals surface area contributed by atoms with Crippen LogP contribution in [0.4, 0.5) is 14.9 Å². The first-order valence-electron chi connectivity index (χ1n) is 10.2. The number of pyridine rings is 1. The topological polar surface area (TPSA) is 74.8 Å². The first-order chi connectivity index (χ1) is 14.5. The molecule has 0 aliphatic carbocycles. The Bertz CT molecular complexity index is 854. The molecule has 8 heteroatoms. The van der Waals surface area contributed by atoms with Crippen molar-refractivity contribution in [3.8, 4) is 11.6 Å². The maximum atomic E-state index is 13.0. The number of hydrogen-bond acceptors (Lipinski definition) is 4. The van der Waals surface area contributed by atoms with Gasteiger partial charge in [-0.05, 0) is 57.0 Å². The monoisotopic (exact) mass is 414 g/mol. The van der Waals surface area contributed by atoms with E-state index in [4.69, 9.17) is 4.74 Å². The van der Waals surface area contributed by atoms with Gasteiger partial charge in [0.25, 0.3) is 0 Å². The Balaban J connectivity index is 1.56. The molecule has 2 aromatic rings. The molecule has 3 rings (SSSR count). The van der Waals surface area contributed by atoms with Crippen molar-refractivity contribution in [1.82, 2.24) is 14.8 Å². The second kappa shape index (κ2) is 10.0. The van der Waals surface area contributed by atoms with Gasteiger partial charge in [-0.15, -0.1) is 0 Å². The average molecular weight is 414 g/mol. The van der Waals surface area contributed by atoms with Crippen LogP contribution in [0.2, 0.25) is 0 Å². The molecule has 1 aliphatic heterocycles. The number of carbonyl (C=O) groups is 2. The molecule has 1 aromatic carbocycles. The number of nitrogens with zero attached hydrogens (tertiary/aromatic N) is 3. The molecule has 0 bridgehead atoms. The lowest BCUT2D eigenvalue weighted by Crippen LogP contribution is -2.49. The zero-order valence-electron chi connectivity index (χ0n) is 17.3. The average Bonchev–Trinajstić information content (AvgIpc) is 2.77. The smallest absolute Gasteiger partial charge is 0.320 e. The quantitative estimate of drug-likeness (QED) is 0.771. The molecule has 160 valence electrons. The van der Waals surface area contributed by atoms with E-state index >= 15 is 0 Å². The summed E-state index contributed by atoms with van der Waals surface area (Å²) in [4.78, 5) is 33.0. The highest BCUT2D eigenvalue weighted by Gasteiger charge is 2.30. The molecule has 30 heavy (non-hydrogen) atoms. The molecule has 3 amide bonds. The molecule has 0 unspecified atom stereocenters. The van der Waals surface area contributed by atoms with Crippen molar-refractivity contribution in [2.24, 2.45) is 5.92 Å². The Morgan fingerprint density at radius 1 is 1.20 bits per heavy atom. The van der Waals surface area contributed by atoms with Gasteiger partial charge in [-0.3, -0.25) is 4.79 Å². The number of amides is 3. The molecule has 1 fully saturated rings. The summed E-state index contributed by atoms with van der Waals surface area (Å²) in [5.41, 5.74) is 0.554. The fourth-order valence-corrected chi connectivity index (χ4v) is 3.44. The van der Waals surface area contributed by atoms with Crippen LogP contribution in [0, 0.1) is 11.7 Å². The normalized spacial score (nSPS) is 16.1. The number of nitrogens with one attached hydrogen (secondary N) is 1. The molecule has 2 heterocycles. The summed E-state index contributed by atoms with van der Waals surface area (Å²) in [5, 5.41) is 2.87. The third kappa shape index (κ3) is 5.46. The highest BCUT2D eigenvalue weighted by atomic mass is 19.1. The zero-order valence-corrected chi connectivity index (χ0v) is 17.3. The van der Waals surface area contributed by atoms with E-state index < -0.39 is 0 Å². The number of ether oxygens (including phenoxy) is 1. The number of aromatic nitrogens is 1. The van der Waals surface area contributed by atoms with Gasteiger partial charge in [-0.25, -0.2) is 14.2 Å². The summed E-state index contributed by atoms with van der Waals surface area (Å²) >= 11 is 0. The number of rotatable bonds is 6. The van der Waals surface area contributed by atoms with Crippen LogP contribution in [-0.4, -0.2) is 52.9 Å². The van der Waals surface area contributed by atoms with Crippen molar-refractivity contribution in [2.75, 3.05) is 31.5 Å². The molecular formula is C22H27FN4O3. The third-order valence-corrected chi connectivity index (χ3v) is 5.14. The van der Waals surface area contributed by atoms with Crippen molar-refractivity contribution in [2.45, 2.75) is 26.7 Å². The lowest BCUT2D eigenvalue weighted by atomic mass is 9.97. The lowest BCUT2D eigenvalue weighted by Gasteiger charge is -2.35. The molecular weight excluding hydrogens is 387 g/mol. The van der Waals surface area contributed by atoms with E-state index in [1.807, 2.05) is 13.8 Å². The molecule has 0 spiro atoms. The second-order valence-corrected chi connectivity index (χ2v) is 7.17. The van der Waals surface area contributed by atoms with E-state index in [-0.39, 0.29) is 23.7 Å². The molecule has 1 atom stereocenters. The van der Waals surface area contributed by atoms with Crippen LogP contribution in [0.3, 0.4) is 0 Å². The van der Waals surface area contributed by atoms with Crippen LogP contribution >= 0.6 is 0 Å². The van der Waals surface area contributed by atoms with Gasteiger partial charge in [-0.2, -0.15) is 0 Å². The summed E-state index contributed by atoms with van der Waals surface area (Å²) in [6, 6.07) is 8.97. The van der Waals surface area contributed by atoms with Gasteiger partial charge in [0.2, 0.25) is 11.8 Å². The maximum Gasteiger partial charge on any atom is 0.320 e. The minimum Gasteiger partial charge on any atom is -0.439 e. The Morgan fingerprint density at radius 2 is 1.93 bits per heavy atom. The van der Waals surface area contributed by atoms with Crippen LogP contribution in [0.25, 0.3) is 0 Å². The van der Waals surface area contributed by atoms with Gasteiger partial charge < -0.3 is 19.9 Å². The Morgan fingerprint density at radius 3 is 2.57 bits per heavy atom. The van der Waals surface area contributed by atoms with Crippen LogP contribution in [0.15, 0.2) is 42.6 Å². The molecule has 0 radical (unpaired) electrons. The van der Waals surface area contributed by atoms with Gasteiger partial charge >= 0.3 is 6.03 Å².